The van der Waals surface area contributed by atoms with Gasteiger partial charge in [0.15, 0.2) is 0 Å². The van der Waals surface area contributed by atoms with Gasteiger partial charge in [0.05, 0.1) is 6.10 Å². The molecule has 2 unspecified atom stereocenters. The van der Waals surface area contributed by atoms with E-state index in [4.69, 9.17) is 14.3 Å². The van der Waals surface area contributed by atoms with E-state index in [0.717, 1.165) is 36.8 Å². The Balaban J connectivity index is 0. The zero-order valence-electron chi connectivity index (χ0n) is 19.0. The number of hydrogen-bond donors (Lipinski definition) is 4. The van der Waals surface area contributed by atoms with Crippen LogP contribution in [0.15, 0.2) is 46.6 Å². The average molecular weight is 467 g/mol. The molecule has 0 spiro atoms. The molecule has 0 aliphatic heterocycles. The van der Waals surface area contributed by atoms with E-state index in [1.54, 1.807) is 6.08 Å². The van der Waals surface area contributed by atoms with Crippen LogP contribution in [0.5, 0.6) is 0 Å². The van der Waals surface area contributed by atoms with Gasteiger partial charge >= 0.3 is 15.6 Å². The molecule has 0 bridgehead atoms. The van der Waals surface area contributed by atoms with E-state index in [1.807, 2.05) is 47.6 Å². The first-order chi connectivity index (χ1) is 13.2. The van der Waals surface area contributed by atoms with Crippen LogP contribution >= 0.6 is 15.6 Å². The summed E-state index contributed by atoms with van der Waals surface area (Å²) < 4.78 is 31.9. The maximum atomic E-state index is 12.0. The van der Waals surface area contributed by atoms with E-state index in [2.05, 4.69) is 16.5 Å². The molecule has 0 aromatic rings. The fourth-order valence-corrected chi connectivity index (χ4v) is 4.18. The summed E-state index contributed by atoms with van der Waals surface area (Å²) in [7, 11) is -10.1. The minimum Gasteiger partial charge on any atom is -0.344 e. The van der Waals surface area contributed by atoms with Gasteiger partial charge in [0.2, 0.25) is 0 Å². The molecule has 0 saturated carbocycles. The van der Waals surface area contributed by atoms with Crippen molar-refractivity contribution in [2.24, 2.45) is 0 Å². The van der Waals surface area contributed by atoms with E-state index in [1.165, 1.54) is 11.1 Å². The fourth-order valence-electron chi connectivity index (χ4n) is 2.46. The highest BCUT2D eigenvalue weighted by atomic mass is 31.3. The molecule has 0 aliphatic rings. The third-order valence-corrected chi connectivity index (χ3v) is 6.04. The van der Waals surface area contributed by atoms with Crippen LogP contribution in [0.1, 0.15) is 73.6 Å². The van der Waals surface area contributed by atoms with E-state index < -0.39 is 21.7 Å². The Bertz CT molecular complexity index is 727. The number of phosphoric ester groups is 1. The maximum absolute atomic E-state index is 12.0. The molecule has 0 aromatic carbocycles. The molecule has 30 heavy (non-hydrogen) atoms. The molecular formula is C20H39NO7P2. The SMILES string of the molecule is CC(C)=CCC/C(C)=C/CC(/C=C(\C)CCC=C(C)C)OP(=O)(O)OP(=O)(O)O.N. The first-order valence-corrected chi connectivity index (χ1v) is 12.6. The summed E-state index contributed by atoms with van der Waals surface area (Å²) in [5.74, 6) is 0. The van der Waals surface area contributed by atoms with Crippen molar-refractivity contribution in [2.45, 2.75) is 79.8 Å². The van der Waals surface area contributed by atoms with Crippen LogP contribution in [0.4, 0.5) is 0 Å². The van der Waals surface area contributed by atoms with Crippen LogP contribution in [-0.2, 0) is 18.0 Å². The van der Waals surface area contributed by atoms with E-state index in [0.29, 0.717) is 0 Å². The Morgan fingerprint density at radius 2 is 1.30 bits per heavy atom. The lowest BCUT2D eigenvalue weighted by atomic mass is 10.0. The smallest absolute Gasteiger partial charge is 0.344 e. The normalized spacial score (nSPS) is 15.6. The largest absolute Gasteiger partial charge is 0.481 e. The Labute approximate surface area is 181 Å². The van der Waals surface area contributed by atoms with Crippen LogP contribution < -0.4 is 6.15 Å². The first-order valence-electron chi connectivity index (χ1n) is 9.58. The molecule has 0 aliphatic carbocycles. The maximum Gasteiger partial charge on any atom is 0.481 e. The van der Waals surface area contributed by atoms with Gasteiger partial charge in [0.1, 0.15) is 0 Å². The summed E-state index contributed by atoms with van der Waals surface area (Å²) >= 11 is 0. The zero-order valence-corrected chi connectivity index (χ0v) is 20.8. The van der Waals surface area contributed by atoms with Crippen molar-refractivity contribution in [2.75, 3.05) is 0 Å². The second-order valence-electron chi connectivity index (χ2n) is 7.62. The predicted molar refractivity (Wildman–Crippen MR) is 122 cm³/mol. The van der Waals surface area contributed by atoms with Gasteiger partial charge in [-0.15, -0.1) is 0 Å². The molecule has 0 rings (SSSR count). The molecule has 176 valence electrons. The second kappa shape index (κ2) is 15.1. The number of allylic oxidation sites excluding steroid dienone is 6. The van der Waals surface area contributed by atoms with Gasteiger partial charge in [-0.2, -0.15) is 4.31 Å². The topological polar surface area (TPSA) is 148 Å². The quantitative estimate of drug-likeness (QED) is 0.177. The molecule has 0 saturated heterocycles. The molecule has 0 fully saturated rings. The molecule has 0 amide bonds. The monoisotopic (exact) mass is 467 g/mol. The Morgan fingerprint density at radius 1 is 0.833 bits per heavy atom. The lowest BCUT2D eigenvalue weighted by Gasteiger charge is -2.18. The molecule has 0 heterocycles. The Morgan fingerprint density at radius 3 is 1.73 bits per heavy atom. The van der Waals surface area contributed by atoms with Crippen molar-refractivity contribution in [3.8, 4) is 0 Å². The summed E-state index contributed by atoms with van der Waals surface area (Å²) in [4.78, 5) is 27.3. The van der Waals surface area contributed by atoms with Crippen LogP contribution in [0, 0.1) is 0 Å². The highest BCUT2D eigenvalue weighted by molar-refractivity contribution is 7.60. The summed E-state index contributed by atoms with van der Waals surface area (Å²) in [5.41, 5.74) is 4.48. The van der Waals surface area contributed by atoms with Crippen molar-refractivity contribution in [3.63, 3.8) is 0 Å². The fraction of sp³-hybridized carbons (Fsp3) is 0.600. The third kappa shape index (κ3) is 19.2. The summed E-state index contributed by atoms with van der Waals surface area (Å²) in [5, 5.41) is 0. The third-order valence-electron chi connectivity index (χ3n) is 3.83. The van der Waals surface area contributed by atoms with Crippen LogP contribution in [0.2, 0.25) is 0 Å². The summed E-state index contributed by atoms with van der Waals surface area (Å²) in [6.07, 6.45) is 10.6. The van der Waals surface area contributed by atoms with Crippen molar-refractivity contribution < 1.29 is 32.6 Å². The van der Waals surface area contributed by atoms with Crippen LogP contribution in [0.25, 0.3) is 0 Å². The summed E-state index contributed by atoms with van der Waals surface area (Å²) in [6, 6.07) is 0. The lowest BCUT2D eigenvalue weighted by molar-refractivity contribution is 0.151. The standard InChI is InChI=1S/C20H36O7P2.H3N/c1-16(2)9-7-11-18(5)13-14-20(15-19(6)12-8-10-17(3)4)26-29(24,25)27-28(21,22)23;/h9-10,13,15,20H,7-8,11-12,14H2,1-6H3,(H,24,25)(H2,21,22,23);1H3/b18-13+,19-15+;. The van der Waals surface area contributed by atoms with E-state index in [-0.39, 0.29) is 12.6 Å². The van der Waals surface area contributed by atoms with Crippen LogP contribution in [-0.4, -0.2) is 20.8 Å². The lowest BCUT2D eigenvalue weighted by Crippen LogP contribution is -2.09. The zero-order chi connectivity index (χ0) is 22.7. The molecular weight excluding hydrogens is 428 g/mol. The predicted octanol–water partition coefficient (Wildman–Crippen LogP) is 6.52. The minimum atomic E-state index is -5.16. The van der Waals surface area contributed by atoms with Gasteiger partial charge in [-0.3, -0.25) is 4.52 Å². The number of phosphoric acid groups is 2. The van der Waals surface area contributed by atoms with E-state index >= 15 is 0 Å². The molecule has 2 atom stereocenters. The highest BCUT2D eigenvalue weighted by Gasteiger charge is 2.34. The first kappa shape index (κ1) is 31.4. The average Bonchev–Trinajstić information content (AvgIpc) is 2.49. The van der Waals surface area contributed by atoms with Crippen molar-refractivity contribution in [1.29, 1.82) is 0 Å². The van der Waals surface area contributed by atoms with Gasteiger partial charge < -0.3 is 20.8 Å². The van der Waals surface area contributed by atoms with Crippen molar-refractivity contribution >= 4 is 15.6 Å². The van der Waals surface area contributed by atoms with Gasteiger partial charge in [-0.05, 0) is 73.6 Å². The van der Waals surface area contributed by atoms with Gasteiger partial charge in [-0.25, -0.2) is 9.13 Å². The van der Waals surface area contributed by atoms with Gasteiger partial charge in [0, 0.05) is 0 Å². The van der Waals surface area contributed by atoms with Gasteiger partial charge in [0.25, 0.3) is 0 Å². The van der Waals surface area contributed by atoms with Crippen LogP contribution in [0.3, 0.4) is 0 Å². The highest BCUT2D eigenvalue weighted by Crippen LogP contribution is 2.58. The molecule has 10 heteroatoms. The Kier molecular flexibility index (Phi) is 15.7. The number of rotatable bonds is 13. The van der Waals surface area contributed by atoms with E-state index in [9.17, 15) is 14.0 Å². The Hall–Kier alpha value is -0.820. The van der Waals surface area contributed by atoms with Crippen molar-refractivity contribution in [1.82, 2.24) is 6.15 Å². The molecule has 0 aromatic heterocycles. The van der Waals surface area contributed by atoms with Gasteiger partial charge in [-0.1, -0.05) is 46.6 Å². The molecule has 8 nitrogen and oxygen atoms in total. The number of hydrogen-bond acceptors (Lipinski definition) is 5. The minimum absolute atomic E-state index is 0. The molecule has 6 N–H and O–H groups in total. The second-order valence-corrected chi connectivity index (χ2v) is 10.4. The molecule has 0 radical (unpaired) electrons. The summed E-state index contributed by atoms with van der Waals surface area (Å²) in [6.45, 7) is 11.9. The van der Waals surface area contributed by atoms with Crippen molar-refractivity contribution in [3.05, 3.63) is 46.6 Å².